The lowest BCUT2D eigenvalue weighted by Crippen LogP contribution is -2.44. The lowest BCUT2D eigenvalue weighted by molar-refractivity contribution is -0.144. The van der Waals surface area contributed by atoms with E-state index >= 15 is 0 Å². The van der Waals surface area contributed by atoms with Gasteiger partial charge in [0, 0.05) is 17.6 Å². The molecule has 1 aliphatic heterocycles. The van der Waals surface area contributed by atoms with Crippen molar-refractivity contribution in [3.05, 3.63) is 30.1 Å². The van der Waals surface area contributed by atoms with Crippen molar-refractivity contribution >= 4 is 23.4 Å². The minimum atomic E-state index is -0.336. The Morgan fingerprint density at radius 3 is 2.04 bits per heavy atom. The third-order valence-corrected chi connectivity index (χ3v) is 7.51. The highest BCUT2D eigenvalue weighted by atomic mass is 19.1. The number of amides is 3. The van der Waals surface area contributed by atoms with Crippen molar-refractivity contribution in [2.45, 2.75) is 51.0 Å². The molecule has 5 nitrogen and oxygen atoms in total. The van der Waals surface area contributed by atoms with Gasteiger partial charge in [-0.3, -0.25) is 19.3 Å². The van der Waals surface area contributed by atoms with Gasteiger partial charge in [-0.05, 0) is 81.0 Å². The number of benzene rings is 1. The van der Waals surface area contributed by atoms with E-state index in [0.29, 0.717) is 43.2 Å². The molecule has 6 heteroatoms. The molecule has 3 amide bonds. The van der Waals surface area contributed by atoms with Gasteiger partial charge in [-0.2, -0.15) is 0 Å². The monoisotopic (exact) mass is 384 g/mol. The summed E-state index contributed by atoms with van der Waals surface area (Å²) in [6, 6.07) is 5.68. The molecule has 0 radical (unpaired) electrons. The fourth-order valence-corrected chi connectivity index (χ4v) is 6.17. The van der Waals surface area contributed by atoms with E-state index < -0.39 is 0 Å². The van der Waals surface area contributed by atoms with Crippen LogP contribution >= 0.6 is 0 Å². The number of carbonyl (C=O) groups excluding carboxylic acids is 3. The molecule has 148 valence electrons. The van der Waals surface area contributed by atoms with Crippen LogP contribution in [0.25, 0.3) is 0 Å². The first-order valence-corrected chi connectivity index (χ1v) is 10.5. The number of nitrogens with one attached hydrogen (secondary N) is 1. The van der Waals surface area contributed by atoms with Crippen LogP contribution in [0.5, 0.6) is 0 Å². The summed E-state index contributed by atoms with van der Waals surface area (Å²) in [4.78, 5) is 40.0. The molecule has 0 aromatic heterocycles. The standard InChI is InChI=1S/C22H25FN2O3/c23-15-5-7-16(8-6-15)24-20(26)12-3-9-17(10-4-12)25-21(27)18-13-1-2-14(11-13)19(18)22(25)28/h5-8,12-14,17-19H,1-4,9-11H2,(H,24,26)/t12?,13-,14-,17?,18+,19+/m0/s1. The zero-order chi connectivity index (χ0) is 19.4. The summed E-state index contributed by atoms with van der Waals surface area (Å²) >= 11 is 0. The molecule has 4 atom stereocenters. The van der Waals surface area contributed by atoms with E-state index in [-0.39, 0.29) is 47.3 Å². The second-order valence-electron chi connectivity index (χ2n) is 8.93. The lowest BCUT2D eigenvalue weighted by atomic mass is 9.81. The second kappa shape index (κ2) is 6.68. The van der Waals surface area contributed by atoms with Crippen molar-refractivity contribution < 1.29 is 18.8 Å². The first kappa shape index (κ1) is 17.8. The topological polar surface area (TPSA) is 66.5 Å². The van der Waals surface area contributed by atoms with Crippen molar-refractivity contribution in [1.82, 2.24) is 4.90 Å². The largest absolute Gasteiger partial charge is 0.326 e. The van der Waals surface area contributed by atoms with Gasteiger partial charge in [-0.15, -0.1) is 0 Å². The van der Waals surface area contributed by atoms with Gasteiger partial charge >= 0.3 is 0 Å². The molecule has 3 saturated carbocycles. The summed E-state index contributed by atoms with van der Waals surface area (Å²) in [6.07, 6.45) is 5.94. The molecular weight excluding hydrogens is 359 g/mol. The van der Waals surface area contributed by atoms with Crippen LogP contribution in [0.15, 0.2) is 24.3 Å². The summed E-state index contributed by atoms with van der Waals surface area (Å²) in [7, 11) is 0. The average Bonchev–Trinajstić information content (AvgIpc) is 3.38. The molecule has 4 aliphatic rings. The first-order valence-electron chi connectivity index (χ1n) is 10.5. The molecule has 28 heavy (non-hydrogen) atoms. The fraction of sp³-hybridized carbons (Fsp3) is 0.591. The van der Waals surface area contributed by atoms with Crippen molar-refractivity contribution in [1.29, 1.82) is 0 Å². The van der Waals surface area contributed by atoms with Gasteiger partial charge in [0.25, 0.3) is 0 Å². The van der Waals surface area contributed by atoms with Gasteiger partial charge in [0.15, 0.2) is 0 Å². The Hall–Kier alpha value is -2.24. The predicted octanol–water partition coefficient (Wildman–Crippen LogP) is 3.35. The zero-order valence-corrected chi connectivity index (χ0v) is 15.8. The van der Waals surface area contributed by atoms with Crippen molar-refractivity contribution in [3.63, 3.8) is 0 Å². The molecular formula is C22H25FN2O3. The van der Waals surface area contributed by atoms with Gasteiger partial charge in [-0.25, -0.2) is 4.39 Å². The van der Waals surface area contributed by atoms with Gasteiger partial charge in [0.1, 0.15) is 5.82 Å². The molecule has 5 rings (SSSR count). The molecule has 1 heterocycles. The Bertz CT molecular complexity index is 788. The molecule has 1 saturated heterocycles. The third kappa shape index (κ3) is 2.76. The van der Waals surface area contributed by atoms with Crippen LogP contribution in [-0.4, -0.2) is 28.7 Å². The van der Waals surface area contributed by atoms with Crippen molar-refractivity contribution in [3.8, 4) is 0 Å². The smallest absolute Gasteiger partial charge is 0.233 e. The molecule has 3 aliphatic carbocycles. The summed E-state index contributed by atoms with van der Waals surface area (Å²) in [5.74, 6) is 0.267. The molecule has 0 spiro atoms. The van der Waals surface area contributed by atoms with Gasteiger partial charge < -0.3 is 5.32 Å². The number of imide groups is 1. The maximum atomic E-state index is 13.0. The lowest BCUT2D eigenvalue weighted by Gasteiger charge is -2.33. The van der Waals surface area contributed by atoms with E-state index in [4.69, 9.17) is 0 Å². The molecule has 0 unspecified atom stereocenters. The van der Waals surface area contributed by atoms with Crippen molar-refractivity contribution in [2.75, 3.05) is 5.32 Å². The minimum absolute atomic E-state index is 0.0557. The maximum absolute atomic E-state index is 13.0. The van der Waals surface area contributed by atoms with E-state index in [1.54, 1.807) is 17.0 Å². The highest BCUT2D eigenvalue weighted by molar-refractivity contribution is 6.06. The first-order chi connectivity index (χ1) is 13.5. The highest BCUT2D eigenvalue weighted by Crippen LogP contribution is 2.56. The summed E-state index contributed by atoms with van der Waals surface area (Å²) in [5, 5.41) is 2.84. The Balaban J connectivity index is 1.20. The number of nitrogens with zero attached hydrogens (tertiary/aromatic N) is 1. The summed E-state index contributed by atoms with van der Waals surface area (Å²) in [5.41, 5.74) is 0.585. The van der Waals surface area contributed by atoms with E-state index in [0.717, 1.165) is 19.3 Å². The SMILES string of the molecule is O=C(Nc1ccc(F)cc1)C1CCC(N2C(=O)[C@@H]3[C@H]4CC[C@@H](C4)[C@H]3C2=O)CC1. The minimum Gasteiger partial charge on any atom is -0.326 e. The number of halogens is 1. The van der Waals surface area contributed by atoms with E-state index in [1.165, 1.54) is 12.1 Å². The Labute approximate surface area is 163 Å². The second-order valence-corrected chi connectivity index (χ2v) is 8.93. The molecule has 4 fully saturated rings. The Kier molecular flexibility index (Phi) is 4.25. The van der Waals surface area contributed by atoms with Crippen LogP contribution in [0.2, 0.25) is 0 Å². The number of rotatable bonds is 3. The van der Waals surface area contributed by atoms with Crippen LogP contribution in [-0.2, 0) is 14.4 Å². The molecule has 1 aromatic rings. The Morgan fingerprint density at radius 1 is 0.893 bits per heavy atom. The quantitative estimate of drug-likeness (QED) is 0.813. The average molecular weight is 384 g/mol. The van der Waals surface area contributed by atoms with Gasteiger partial charge in [-0.1, -0.05) is 0 Å². The van der Waals surface area contributed by atoms with Crippen molar-refractivity contribution in [2.24, 2.45) is 29.6 Å². The van der Waals surface area contributed by atoms with Gasteiger partial charge in [0.05, 0.1) is 11.8 Å². The van der Waals surface area contributed by atoms with Crippen LogP contribution in [0, 0.1) is 35.4 Å². The van der Waals surface area contributed by atoms with Crippen LogP contribution in [0.3, 0.4) is 0 Å². The molecule has 1 aromatic carbocycles. The van der Waals surface area contributed by atoms with E-state index in [9.17, 15) is 18.8 Å². The predicted molar refractivity (Wildman–Crippen MR) is 100 cm³/mol. The van der Waals surface area contributed by atoms with Crippen LogP contribution in [0.1, 0.15) is 44.9 Å². The fourth-order valence-electron chi connectivity index (χ4n) is 6.17. The number of likely N-dealkylation sites (tertiary alicyclic amines) is 1. The summed E-state index contributed by atoms with van der Waals surface area (Å²) < 4.78 is 13.0. The third-order valence-electron chi connectivity index (χ3n) is 7.51. The highest BCUT2D eigenvalue weighted by Gasteiger charge is 2.61. The number of hydrogen-bond acceptors (Lipinski definition) is 3. The van der Waals surface area contributed by atoms with Crippen LogP contribution < -0.4 is 5.32 Å². The number of fused-ring (bicyclic) bond motifs is 5. The maximum Gasteiger partial charge on any atom is 0.233 e. The normalized spacial score (nSPS) is 36.7. The molecule has 1 N–H and O–H groups in total. The zero-order valence-electron chi connectivity index (χ0n) is 15.8. The number of hydrogen-bond donors (Lipinski definition) is 1. The molecule has 2 bridgehead atoms. The van der Waals surface area contributed by atoms with E-state index in [2.05, 4.69) is 5.32 Å². The number of anilines is 1. The van der Waals surface area contributed by atoms with Crippen LogP contribution in [0.4, 0.5) is 10.1 Å². The number of carbonyl (C=O) groups is 3. The Morgan fingerprint density at radius 2 is 1.46 bits per heavy atom. The van der Waals surface area contributed by atoms with E-state index in [1.807, 2.05) is 0 Å². The van der Waals surface area contributed by atoms with Gasteiger partial charge in [0.2, 0.25) is 17.7 Å². The summed E-state index contributed by atoms with van der Waals surface area (Å²) in [6.45, 7) is 0.